The largest absolute Gasteiger partial charge is 0.455 e. The highest BCUT2D eigenvalue weighted by molar-refractivity contribution is 6.14. The van der Waals surface area contributed by atoms with Gasteiger partial charge in [-0.15, -0.1) is 0 Å². The molecule has 0 fully saturated rings. The van der Waals surface area contributed by atoms with E-state index >= 15 is 0 Å². The van der Waals surface area contributed by atoms with Crippen molar-refractivity contribution < 1.29 is 4.42 Å². The molecule has 0 unspecified atom stereocenters. The lowest BCUT2D eigenvalue weighted by atomic mass is 9.87. The van der Waals surface area contributed by atoms with Crippen molar-refractivity contribution in [2.24, 2.45) is 0 Å². The van der Waals surface area contributed by atoms with E-state index in [9.17, 15) is 0 Å². The van der Waals surface area contributed by atoms with E-state index in [2.05, 4.69) is 241 Å². The van der Waals surface area contributed by atoms with Gasteiger partial charge in [-0.3, -0.25) is 0 Å². The first-order valence-electron chi connectivity index (χ1n) is 21.9. The summed E-state index contributed by atoms with van der Waals surface area (Å²) in [5.41, 5.74) is 16.6. The lowest BCUT2D eigenvalue weighted by Gasteiger charge is -2.30. The van der Waals surface area contributed by atoms with Crippen LogP contribution >= 0.6 is 0 Å². The Kier molecular flexibility index (Phi) is 9.20. The van der Waals surface area contributed by atoms with Crippen molar-refractivity contribution in [3.63, 3.8) is 0 Å². The zero-order valence-corrected chi connectivity index (χ0v) is 35.0. The summed E-state index contributed by atoms with van der Waals surface area (Å²) in [5, 5.41) is 7.27. The minimum Gasteiger partial charge on any atom is -0.455 e. The van der Waals surface area contributed by atoms with E-state index in [1.807, 2.05) is 12.1 Å². The molecule has 12 aromatic rings. The van der Waals surface area contributed by atoms with Crippen LogP contribution in [0.15, 0.2) is 253 Å². The fourth-order valence-electron chi connectivity index (χ4n) is 9.71. The molecule has 0 aliphatic rings. The highest BCUT2D eigenvalue weighted by Crippen LogP contribution is 2.49. The van der Waals surface area contributed by atoms with Gasteiger partial charge in [-0.05, 0) is 109 Å². The highest BCUT2D eigenvalue weighted by atomic mass is 16.3. The molecule has 0 aliphatic carbocycles. The molecule has 11 aromatic carbocycles. The van der Waals surface area contributed by atoms with Crippen molar-refractivity contribution in [2.75, 3.05) is 4.90 Å². The first-order chi connectivity index (χ1) is 31.8. The van der Waals surface area contributed by atoms with E-state index in [4.69, 9.17) is 4.42 Å². The number of benzene rings is 11. The number of para-hydroxylation sites is 2. The monoisotopic (exact) mass is 815 g/mol. The molecule has 0 spiro atoms. The van der Waals surface area contributed by atoms with E-state index in [-0.39, 0.29) is 0 Å². The van der Waals surface area contributed by atoms with Crippen molar-refractivity contribution in [3.8, 4) is 55.6 Å². The minimum absolute atomic E-state index is 0.898. The SMILES string of the molecule is c1ccc(-c2ccccc2-c2c(-c3ccccc3)cccc2N(c2ccc(-c3cc4ccccc4c4ccccc34)cc2)c2ccc(-c3cccc4c3oc3ccccc34)cc2)cc1. The molecule has 0 N–H and O–H groups in total. The van der Waals surface area contributed by atoms with Gasteiger partial charge in [-0.25, -0.2) is 0 Å². The molecule has 0 atom stereocenters. The molecule has 0 saturated carbocycles. The first-order valence-corrected chi connectivity index (χ1v) is 21.9. The second-order valence-electron chi connectivity index (χ2n) is 16.4. The van der Waals surface area contributed by atoms with Gasteiger partial charge in [0.05, 0.1) is 5.69 Å². The van der Waals surface area contributed by atoms with Gasteiger partial charge >= 0.3 is 0 Å². The first kappa shape index (κ1) is 37.3. The fourth-order valence-corrected chi connectivity index (χ4v) is 9.71. The molecule has 0 saturated heterocycles. The van der Waals surface area contributed by atoms with Crippen LogP contribution in [0.25, 0.3) is 99.1 Å². The molecular weight excluding hydrogens is 775 g/mol. The third kappa shape index (κ3) is 6.44. The predicted octanol–water partition coefficient (Wildman–Crippen LogP) is 17.7. The van der Waals surface area contributed by atoms with Gasteiger partial charge in [0, 0.05) is 33.3 Å². The van der Waals surface area contributed by atoms with Crippen LogP contribution in [0.4, 0.5) is 17.1 Å². The maximum Gasteiger partial charge on any atom is 0.143 e. The third-order valence-corrected chi connectivity index (χ3v) is 12.7. The zero-order chi connectivity index (χ0) is 42.4. The summed E-state index contributed by atoms with van der Waals surface area (Å²) in [4.78, 5) is 2.43. The number of fused-ring (bicyclic) bond motifs is 6. The predicted molar refractivity (Wildman–Crippen MR) is 271 cm³/mol. The van der Waals surface area contributed by atoms with E-state index < -0.39 is 0 Å². The van der Waals surface area contributed by atoms with Crippen LogP contribution in [0.5, 0.6) is 0 Å². The van der Waals surface area contributed by atoms with Crippen molar-refractivity contribution in [3.05, 3.63) is 249 Å². The molecule has 0 bridgehead atoms. The molecule has 1 aromatic heterocycles. The van der Waals surface area contributed by atoms with Gasteiger partial charge in [0.15, 0.2) is 0 Å². The average Bonchev–Trinajstić information content (AvgIpc) is 3.76. The van der Waals surface area contributed by atoms with E-state index in [1.165, 1.54) is 54.9 Å². The van der Waals surface area contributed by atoms with Crippen LogP contribution in [0.2, 0.25) is 0 Å². The molecule has 2 heteroatoms. The maximum atomic E-state index is 6.51. The quantitative estimate of drug-likeness (QED) is 0.142. The Morgan fingerprint density at radius 1 is 0.281 bits per heavy atom. The van der Waals surface area contributed by atoms with Crippen molar-refractivity contribution >= 4 is 60.5 Å². The van der Waals surface area contributed by atoms with E-state index in [0.717, 1.165) is 61.3 Å². The molecular formula is C62H41NO. The van der Waals surface area contributed by atoms with Crippen LogP contribution in [0.1, 0.15) is 0 Å². The number of furan rings is 1. The van der Waals surface area contributed by atoms with Gasteiger partial charge in [-0.1, -0.05) is 206 Å². The highest BCUT2D eigenvalue weighted by Gasteiger charge is 2.23. The van der Waals surface area contributed by atoms with Gasteiger partial charge in [0.1, 0.15) is 11.2 Å². The summed E-state index contributed by atoms with van der Waals surface area (Å²) in [6.45, 7) is 0. The Hall–Kier alpha value is -8.46. The summed E-state index contributed by atoms with van der Waals surface area (Å²) in [7, 11) is 0. The molecule has 0 aliphatic heterocycles. The Morgan fingerprint density at radius 2 is 0.766 bits per heavy atom. The van der Waals surface area contributed by atoms with Crippen LogP contribution in [0.3, 0.4) is 0 Å². The second-order valence-corrected chi connectivity index (χ2v) is 16.4. The van der Waals surface area contributed by atoms with Gasteiger partial charge in [-0.2, -0.15) is 0 Å². The number of hydrogen-bond donors (Lipinski definition) is 0. The van der Waals surface area contributed by atoms with E-state index in [0.29, 0.717) is 0 Å². The fraction of sp³-hybridized carbons (Fsp3) is 0. The Morgan fingerprint density at radius 3 is 1.48 bits per heavy atom. The summed E-state index contributed by atoms with van der Waals surface area (Å²) in [6.07, 6.45) is 0. The molecule has 0 amide bonds. The molecule has 300 valence electrons. The van der Waals surface area contributed by atoms with Crippen LogP contribution in [-0.4, -0.2) is 0 Å². The Bertz CT molecular complexity index is 3640. The third-order valence-electron chi connectivity index (χ3n) is 12.7. The maximum absolute atomic E-state index is 6.51. The Balaban J connectivity index is 1.07. The molecule has 12 rings (SSSR count). The minimum atomic E-state index is 0.898. The number of hydrogen-bond acceptors (Lipinski definition) is 2. The van der Waals surface area contributed by atoms with Gasteiger partial charge in [0.25, 0.3) is 0 Å². The van der Waals surface area contributed by atoms with Gasteiger partial charge in [0.2, 0.25) is 0 Å². The standard InChI is InChI=1S/C62H41NO/c1-3-17-42(18-4-1)49-22-9-12-27-56(49)61-51(43-19-5-2-6-20-43)28-16-31-59(61)63(47-37-33-44(34-38-47)52-29-15-30-57-55-26-13-14-32-60(55)64-62(52)57)48-39-35-45(36-40-48)58-41-46-21-7-8-23-50(46)53-24-10-11-25-54(53)58/h1-41H. The van der Waals surface area contributed by atoms with Crippen molar-refractivity contribution in [1.82, 2.24) is 0 Å². The molecule has 0 radical (unpaired) electrons. The number of nitrogens with zero attached hydrogens (tertiary/aromatic N) is 1. The van der Waals surface area contributed by atoms with Gasteiger partial charge < -0.3 is 9.32 Å². The lowest BCUT2D eigenvalue weighted by Crippen LogP contribution is -2.12. The summed E-state index contributed by atoms with van der Waals surface area (Å²) in [5.74, 6) is 0. The molecule has 64 heavy (non-hydrogen) atoms. The summed E-state index contributed by atoms with van der Waals surface area (Å²) >= 11 is 0. The smallest absolute Gasteiger partial charge is 0.143 e. The normalized spacial score (nSPS) is 11.4. The van der Waals surface area contributed by atoms with E-state index in [1.54, 1.807) is 0 Å². The zero-order valence-electron chi connectivity index (χ0n) is 35.0. The summed E-state index contributed by atoms with van der Waals surface area (Å²) < 4.78 is 6.51. The lowest BCUT2D eigenvalue weighted by molar-refractivity contribution is 0.670. The van der Waals surface area contributed by atoms with Crippen molar-refractivity contribution in [1.29, 1.82) is 0 Å². The summed E-state index contributed by atoms with van der Waals surface area (Å²) in [6, 6.07) is 89.7. The topological polar surface area (TPSA) is 16.4 Å². The molecule has 2 nitrogen and oxygen atoms in total. The van der Waals surface area contributed by atoms with Crippen LogP contribution in [0, 0.1) is 0 Å². The number of anilines is 3. The van der Waals surface area contributed by atoms with Crippen LogP contribution < -0.4 is 4.90 Å². The Labute approximate surface area is 372 Å². The average molecular weight is 816 g/mol. The number of rotatable bonds is 8. The van der Waals surface area contributed by atoms with Crippen molar-refractivity contribution in [2.45, 2.75) is 0 Å². The second kappa shape index (κ2) is 15.8. The molecule has 1 heterocycles. The van der Waals surface area contributed by atoms with Crippen LogP contribution in [-0.2, 0) is 0 Å².